The van der Waals surface area contributed by atoms with Crippen molar-refractivity contribution in [3.63, 3.8) is 0 Å². The molecule has 78 valence electrons. The van der Waals surface area contributed by atoms with Crippen LogP contribution < -0.4 is 0 Å². The van der Waals surface area contributed by atoms with Gasteiger partial charge in [0.15, 0.2) is 5.69 Å². The first-order chi connectivity index (χ1) is 6.25. The smallest absolute Gasteiger partial charge is 0.357 e. The highest BCUT2D eigenvalue weighted by Crippen LogP contribution is 2.31. The van der Waals surface area contributed by atoms with Crippen molar-refractivity contribution >= 4 is 17.6 Å². The van der Waals surface area contributed by atoms with Gasteiger partial charge in [0.05, 0.1) is 10.7 Å². The summed E-state index contributed by atoms with van der Waals surface area (Å²) in [7, 11) is 1.69. The molecule has 0 amide bonds. The maximum atomic E-state index is 10.8. The molecule has 0 unspecified atom stereocenters. The third kappa shape index (κ3) is 1.75. The molecule has 0 aliphatic heterocycles. The molecule has 0 spiro atoms. The van der Waals surface area contributed by atoms with E-state index in [0.717, 1.165) is 5.69 Å². The van der Waals surface area contributed by atoms with Gasteiger partial charge >= 0.3 is 5.97 Å². The molecular formula is C9H13ClN2O2. The van der Waals surface area contributed by atoms with Crippen LogP contribution in [-0.4, -0.2) is 20.9 Å². The van der Waals surface area contributed by atoms with E-state index in [1.165, 1.54) is 4.68 Å². The summed E-state index contributed by atoms with van der Waals surface area (Å²) in [6.45, 7) is 5.88. The van der Waals surface area contributed by atoms with Crippen LogP contribution in [-0.2, 0) is 12.5 Å². The Morgan fingerprint density at radius 3 is 2.21 bits per heavy atom. The molecular weight excluding hydrogens is 204 g/mol. The number of rotatable bonds is 1. The minimum absolute atomic E-state index is 0.0842. The summed E-state index contributed by atoms with van der Waals surface area (Å²) < 4.78 is 1.52. The van der Waals surface area contributed by atoms with Crippen LogP contribution in [0.3, 0.4) is 0 Å². The van der Waals surface area contributed by atoms with E-state index < -0.39 is 5.97 Å². The normalized spacial score (nSPS) is 11.8. The molecule has 0 aliphatic carbocycles. The molecule has 0 saturated carbocycles. The number of halogens is 1. The number of carboxylic acid groups (broad SMARTS) is 1. The van der Waals surface area contributed by atoms with Gasteiger partial charge in [-0.1, -0.05) is 32.4 Å². The number of carbonyl (C=O) groups is 1. The third-order valence-corrected chi connectivity index (χ3v) is 2.26. The van der Waals surface area contributed by atoms with Crippen molar-refractivity contribution in [1.82, 2.24) is 9.78 Å². The van der Waals surface area contributed by atoms with Crippen LogP contribution in [0.4, 0.5) is 0 Å². The summed E-state index contributed by atoms with van der Waals surface area (Å²) in [6.07, 6.45) is 0. The Labute approximate surface area is 87.5 Å². The Balaban J connectivity index is 3.40. The van der Waals surface area contributed by atoms with Crippen LogP contribution in [0.5, 0.6) is 0 Å². The molecule has 0 aliphatic rings. The predicted molar refractivity (Wildman–Crippen MR) is 53.9 cm³/mol. The maximum absolute atomic E-state index is 10.8. The highest BCUT2D eigenvalue weighted by molar-refractivity contribution is 6.34. The van der Waals surface area contributed by atoms with E-state index in [9.17, 15) is 4.79 Å². The standard InChI is InChI=1S/C9H13ClN2O2/c1-9(2,3)7-5(10)6(8(13)14)11-12(7)4/h1-4H3,(H,13,14). The van der Waals surface area contributed by atoms with Crippen molar-refractivity contribution in [2.24, 2.45) is 7.05 Å². The lowest BCUT2D eigenvalue weighted by atomic mass is 9.92. The third-order valence-electron chi connectivity index (χ3n) is 1.90. The van der Waals surface area contributed by atoms with Crippen LogP contribution in [0.1, 0.15) is 37.0 Å². The quantitative estimate of drug-likeness (QED) is 0.782. The van der Waals surface area contributed by atoms with Crippen molar-refractivity contribution in [2.45, 2.75) is 26.2 Å². The Kier molecular flexibility index (Phi) is 2.58. The topological polar surface area (TPSA) is 55.1 Å². The zero-order valence-corrected chi connectivity index (χ0v) is 9.38. The maximum Gasteiger partial charge on any atom is 0.357 e. The molecule has 0 aromatic carbocycles. The van der Waals surface area contributed by atoms with Gasteiger partial charge in [0.1, 0.15) is 0 Å². The average molecular weight is 217 g/mol. The molecule has 1 aromatic rings. The van der Waals surface area contributed by atoms with E-state index in [4.69, 9.17) is 16.7 Å². The molecule has 1 N–H and O–H groups in total. The van der Waals surface area contributed by atoms with Crippen molar-refractivity contribution in [2.75, 3.05) is 0 Å². The second-order valence-electron chi connectivity index (χ2n) is 4.19. The summed E-state index contributed by atoms with van der Waals surface area (Å²) in [4.78, 5) is 10.8. The second-order valence-corrected chi connectivity index (χ2v) is 4.57. The summed E-state index contributed by atoms with van der Waals surface area (Å²) >= 11 is 5.95. The Bertz CT molecular complexity index is 377. The molecule has 0 fully saturated rings. The fraction of sp³-hybridized carbons (Fsp3) is 0.556. The van der Waals surface area contributed by atoms with Crippen LogP contribution in [0.25, 0.3) is 0 Å². The molecule has 0 bridgehead atoms. The van der Waals surface area contributed by atoms with Gasteiger partial charge in [0.2, 0.25) is 0 Å². The molecule has 0 radical (unpaired) electrons. The zero-order chi connectivity index (χ0) is 11.1. The van der Waals surface area contributed by atoms with E-state index in [-0.39, 0.29) is 16.1 Å². The van der Waals surface area contributed by atoms with E-state index in [0.29, 0.717) is 0 Å². The average Bonchev–Trinajstić information content (AvgIpc) is 2.24. The van der Waals surface area contributed by atoms with E-state index in [1.54, 1.807) is 7.05 Å². The fourth-order valence-corrected chi connectivity index (χ4v) is 1.97. The monoisotopic (exact) mass is 216 g/mol. The van der Waals surface area contributed by atoms with Crippen LogP contribution in [0.15, 0.2) is 0 Å². The number of hydrogen-bond acceptors (Lipinski definition) is 2. The number of hydrogen-bond donors (Lipinski definition) is 1. The first-order valence-corrected chi connectivity index (χ1v) is 4.59. The van der Waals surface area contributed by atoms with Gasteiger partial charge in [-0.25, -0.2) is 4.79 Å². The van der Waals surface area contributed by atoms with Crippen molar-refractivity contribution < 1.29 is 9.90 Å². The highest BCUT2D eigenvalue weighted by Gasteiger charge is 2.27. The number of nitrogens with zero attached hydrogens (tertiary/aromatic N) is 2. The van der Waals surface area contributed by atoms with Crippen LogP contribution in [0.2, 0.25) is 5.02 Å². The Morgan fingerprint density at radius 2 is 2.00 bits per heavy atom. The molecule has 1 aromatic heterocycles. The molecule has 1 rings (SSSR count). The molecule has 4 nitrogen and oxygen atoms in total. The summed E-state index contributed by atoms with van der Waals surface area (Å²) in [5.74, 6) is -1.10. The minimum atomic E-state index is -1.10. The number of aromatic carboxylic acids is 1. The van der Waals surface area contributed by atoms with Gasteiger partial charge in [-0.15, -0.1) is 0 Å². The van der Waals surface area contributed by atoms with E-state index >= 15 is 0 Å². The molecule has 0 saturated heterocycles. The van der Waals surface area contributed by atoms with E-state index in [1.807, 2.05) is 20.8 Å². The predicted octanol–water partition coefficient (Wildman–Crippen LogP) is 2.07. The summed E-state index contributed by atoms with van der Waals surface area (Å²) in [5.41, 5.74) is 0.433. The largest absolute Gasteiger partial charge is 0.476 e. The minimum Gasteiger partial charge on any atom is -0.476 e. The SMILES string of the molecule is Cn1nc(C(=O)O)c(Cl)c1C(C)(C)C. The summed E-state index contributed by atoms with van der Waals surface area (Å²) in [6, 6.07) is 0. The molecule has 0 atom stereocenters. The number of carboxylic acids is 1. The van der Waals surface area contributed by atoms with Crippen molar-refractivity contribution in [3.05, 3.63) is 16.4 Å². The van der Waals surface area contributed by atoms with Crippen molar-refractivity contribution in [1.29, 1.82) is 0 Å². The highest BCUT2D eigenvalue weighted by atomic mass is 35.5. The van der Waals surface area contributed by atoms with Crippen LogP contribution in [0, 0.1) is 0 Å². The lowest BCUT2D eigenvalue weighted by Gasteiger charge is -2.18. The number of aryl methyl sites for hydroxylation is 1. The Hall–Kier alpha value is -1.03. The zero-order valence-electron chi connectivity index (χ0n) is 8.63. The van der Waals surface area contributed by atoms with Crippen LogP contribution >= 0.6 is 11.6 Å². The lowest BCUT2D eigenvalue weighted by Crippen LogP contribution is -2.16. The second kappa shape index (κ2) is 3.28. The van der Waals surface area contributed by atoms with Gasteiger partial charge < -0.3 is 5.11 Å². The van der Waals surface area contributed by atoms with Gasteiger partial charge in [-0.3, -0.25) is 4.68 Å². The Morgan fingerprint density at radius 1 is 1.50 bits per heavy atom. The first kappa shape index (κ1) is 11.0. The summed E-state index contributed by atoms with van der Waals surface area (Å²) in [5, 5.41) is 12.9. The van der Waals surface area contributed by atoms with Crippen molar-refractivity contribution in [3.8, 4) is 0 Å². The molecule has 5 heteroatoms. The van der Waals surface area contributed by atoms with Gasteiger partial charge in [-0.2, -0.15) is 5.10 Å². The van der Waals surface area contributed by atoms with Gasteiger partial charge in [0, 0.05) is 12.5 Å². The van der Waals surface area contributed by atoms with Gasteiger partial charge in [-0.05, 0) is 0 Å². The molecule has 14 heavy (non-hydrogen) atoms. The molecule has 1 heterocycles. The number of aromatic nitrogens is 2. The fourth-order valence-electron chi connectivity index (χ4n) is 1.45. The lowest BCUT2D eigenvalue weighted by molar-refractivity contribution is 0.0690. The first-order valence-electron chi connectivity index (χ1n) is 4.21. The van der Waals surface area contributed by atoms with Gasteiger partial charge in [0.25, 0.3) is 0 Å². The van der Waals surface area contributed by atoms with E-state index in [2.05, 4.69) is 5.10 Å².